The Bertz CT molecular complexity index is 914. The monoisotopic (exact) mass is 553 g/mol. The van der Waals surface area contributed by atoms with Gasteiger partial charge in [0, 0.05) is 29.6 Å². The normalized spacial score (nSPS) is 12.4. The van der Waals surface area contributed by atoms with Crippen LogP contribution in [0.4, 0.5) is 4.39 Å². The summed E-state index contributed by atoms with van der Waals surface area (Å²) < 4.78 is 37.0. The highest BCUT2D eigenvalue weighted by atomic mass is 127. The van der Waals surface area contributed by atoms with Gasteiger partial charge >= 0.3 is 0 Å². The van der Waals surface area contributed by atoms with Crippen LogP contribution >= 0.6 is 35.3 Å². The van der Waals surface area contributed by atoms with Gasteiger partial charge in [-0.15, -0.1) is 35.3 Å². The minimum absolute atomic E-state index is 0. The molecule has 0 aliphatic rings. The maximum absolute atomic E-state index is 13.7. The van der Waals surface area contributed by atoms with E-state index in [1.165, 1.54) is 29.3 Å². The molecule has 0 spiro atoms. The maximum atomic E-state index is 13.7. The zero-order valence-electron chi connectivity index (χ0n) is 17.2. The van der Waals surface area contributed by atoms with Crippen molar-refractivity contribution in [2.24, 2.45) is 4.99 Å². The first-order valence-corrected chi connectivity index (χ1v) is 12.1. The minimum Gasteiger partial charge on any atom is -0.357 e. The fourth-order valence-corrected chi connectivity index (χ4v) is 4.43. The molecule has 0 radical (unpaired) electrons. The Kier molecular flexibility index (Phi) is 10.0. The molecular formula is C20H29FIN3O2S2. The van der Waals surface area contributed by atoms with Crippen LogP contribution < -0.4 is 10.6 Å². The molecule has 0 aliphatic carbocycles. The van der Waals surface area contributed by atoms with Crippen LogP contribution in [0.3, 0.4) is 0 Å². The van der Waals surface area contributed by atoms with Crippen molar-refractivity contribution in [1.29, 1.82) is 0 Å². The third kappa shape index (κ3) is 8.59. The molecule has 2 N–H and O–H groups in total. The van der Waals surface area contributed by atoms with Crippen molar-refractivity contribution in [2.45, 2.75) is 38.5 Å². The average Bonchev–Trinajstić information content (AvgIpc) is 3.14. The van der Waals surface area contributed by atoms with E-state index in [2.05, 4.69) is 40.9 Å². The van der Waals surface area contributed by atoms with Crippen LogP contribution in [0.5, 0.6) is 0 Å². The molecule has 0 atom stereocenters. The highest BCUT2D eigenvalue weighted by Gasteiger charge is 2.22. The van der Waals surface area contributed by atoms with Crippen molar-refractivity contribution in [3.05, 3.63) is 57.5 Å². The molecule has 0 saturated heterocycles. The predicted molar refractivity (Wildman–Crippen MR) is 131 cm³/mol. The molecular weight excluding hydrogens is 524 g/mol. The van der Waals surface area contributed by atoms with Gasteiger partial charge in [0.05, 0.1) is 12.3 Å². The van der Waals surface area contributed by atoms with Crippen molar-refractivity contribution in [2.75, 3.05) is 19.3 Å². The summed E-state index contributed by atoms with van der Waals surface area (Å²) in [5, 5.41) is 8.58. The highest BCUT2D eigenvalue weighted by Crippen LogP contribution is 2.26. The first kappa shape index (κ1) is 25.8. The molecule has 2 rings (SSSR count). The smallest absolute Gasteiger partial charge is 0.191 e. The number of hydrogen-bond donors (Lipinski definition) is 2. The van der Waals surface area contributed by atoms with Crippen LogP contribution in [0.15, 0.2) is 40.7 Å². The number of rotatable bonds is 8. The number of halogens is 2. The number of hydrogen-bond acceptors (Lipinski definition) is 4. The fourth-order valence-electron chi connectivity index (χ4n) is 2.73. The second-order valence-corrected chi connectivity index (χ2v) is 10.5. The molecule has 0 aliphatic heterocycles. The zero-order valence-corrected chi connectivity index (χ0v) is 21.1. The number of nitrogens with one attached hydrogen (secondary N) is 2. The van der Waals surface area contributed by atoms with Crippen LogP contribution in [0.2, 0.25) is 0 Å². The van der Waals surface area contributed by atoms with Gasteiger partial charge in [-0.3, -0.25) is 0 Å². The van der Waals surface area contributed by atoms with Gasteiger partial charge in [0.2, 0.25) is 0 Å². The van der Waals surface area contributed by atoms with Crippen LogP contribution in [-0.2, 0) is 27.5 Å². The molecule has 162 valence electrons. The van der Waals surface area contributed by atoms with Gasteiger partial charge in [-0.05, 0) is 41.6 Å². The summed E-state index contributed by atoms with van der Waals surface area (Å²) in [6.45, 7) is 7.85. The van der Waals surface area contributed by atoms with Gasteiger partial charge in [-0.25, -0.2) is 17.8 Å². The molecule has 9 heteroatoms. The topological polar surface area (TPSA) is 70.6 Å². The molecule has 0 unspecified atom stereocenters. The lowest BCUT2D eigenvalue weighted by molar-refractivity contribution is 0.518. The van der Waals surface area contributed by atoms with E-state index in [4.69, 9.17) is 0 Å². The van der Waals surface area contributed by atoms with Gasteiger partial charge in [-0.1, -0.05) is 26.0 Å². The molecule has 2 aromatic rings. The van der Waals surface area contributed by atoms with E-state index < -0.39 is 15.7 Å². The summed E-state index contributed by atoms with van der Waals surface area (Å²) in [4.78, 5) is 5.81. The van der Waals surface area contributed by atoms with Gasteiger partial charge < -0.3 is 10.6 Å². The van der Waals surface area contributed by atoms with E-state index in [-0.39, 0.29) is 41.7 Å². The van der Waals surface area contributed by atoms with Crippen LogP contribution in [0.1, 0.15) is 36.8 Å². The first-order chi connectivity index (χ1) is 13.1. The fraction of sp³-hybridized carbons (Fsp3) is 0.450. The van der Waals surface area contributed by atoms with Crippen molar-refractivity contribution in [3.8, 4) is 0 Å². The number of nitrogens with zero attached hydrogens (tertiary/aromatic N) is 1. The summed E-state index contributed by atoms with van der Waals surface area (Å²) in [5.41, 5.74) is 1.08. The standard InChI is InChI=1S/C20H28FN3O2S2.HI/c1-5-22-19(24-14-20(2,3)18-7-6-10-27-18)23-12-16-11-17(21)9-8-15(16)13-28(4,25)26;/h6-11H,5,12-14H2,1-4H3,(H2,22,23,24);1H. The quantitative estimate of drug-likeness (QED) is 0.294. The molecule has 1 heterocycles. The number of thiophene rings is 1. The van der Waals surface area contributed by atoms with E-state index in [9.17, 15) is 12.8 Å². The lowest BCUT2D eigenvalue weighted by atomic mass is 9.91. The predicted octanol–water partition coefficient (Wildman–Crippen LogP) is 4.08. The molecule has 0 bridgehead atoms. The Morgan fingerprint density at radius 3 is 2.52 bits per heavy atom. The SMILES string of the molecule is CCNC(=NCc1cc(F)ccc1CS(C)(=O)=O)NCC(C)(C)c1cccs1.I. The lowest BCUT2D eigenvalue weighted by Crippen LogP contribution is -2.43. The van der Waals surface area contributed by atoms with Crippen LogP contribution in [0, 0.1) is 5.82 Å². The van der Waals surface area contributed by atoms with Gasteiger partial charge in [0.15, 0.2) is 15.8 Å². The molecule has 0 saturated carbocycles. The summed E-state index contributed by atoms with van der Waals surface area (Å²) in [7, 11) is -3.22. The number of aliphatic imine (C=N–C) groups is 1. The second kappa shape index (κ2) is 11.3. The third-order valence-corrected chi connectivity index (χ3v) is 6.29. The Morgan fingerprint density at radius 2 is 1.93 bits per heavy atom. The number of guanidine groups is 1. The summed E-state index contributed by atoms with van der Waals surface area (Å²) >= 11 is 1.72. The molecule has 0 fully saturated rings. The second-order valence-electron chi connectivity index (χ2n) is 7.39. The Labute approximate surface area is 194 Å². The van der Waals surface area contributed by atoms with Crippen molar-refractivity contribution in [3.63, 3.8) is 0 Å². The summed E-state index contributed by atoms with van der Waals surface area (Å²) in [5.74, 6) is 0.0778. The van der Waals surface area contributed by atoms with E-state index in [1.54, 1.807) is 11.3 Å². The minimum atomic E-state index is -3.22. The highest BCUT2D eigenvalue weighted by molar-refractivity contribution is 14.0. The third-order valence-electron chi connectivity index (χ3n) is 4.22. The molecule has 1 aromatic heterocycles. The van der Waals surface area contributed by atoms with E-state index in [0.717, 1.165) is 0 Å². The van der Waals surface area contributed by atoms with Crippen molar-refractivity contribution >= 4 is 51.1 Å². The lowest BCUT2D eigenvalue weighted by Gasteiger charge is -2.25. The molecule has 29 heavy (non-hydrogen) atoms. The van der Waals surface area contributed by atoms with E-state index >= 15 is 0 Å². The summed E-state index contributed by atoms with van der Waals surface area (Å²) in [6, 6.07) is 8.29. The van der Waals surface area contributed by atoms with Gasteiger partial charge in [0.1, 0.15) is 5.82 Å². The van der Waals surface area contributed by atoms with Gasteiger partial charge in [0.25, 0.3) is 0 Å². The zero-order chi connectivity index (χ0) is 20.8. The van der Waals surface area contributed by atoms with E-state index in [0.29, 0.717) is 30.2 Å². The summed E-state index contributed by atoms with van der Waals surface area (Å²) in [6.07, 6.45) is 1.17. The first-order valence-electron chi connectivity index (χ1n) is 9.12. The largest absolute Gasteiger partial charge is 0.357 e. The maximum Gasteiger partial charge on any atom is 0.191 e. The van der Waals surface area contributed by atoms with Crippen molar-refractivity contribution in [1.82, 2.24) is 10.6 Å². The van der Waals surface area contributed by atoms with Crippen molar-refractivity contribution < 1.29 is 12.8 Å². The van der Waals surface area contributed by atoms with Crippen LogP contribution in [-0.4, -0.2) is 33.7 Å². The van der Waals surface area contributed by atoms with Gasteiger partial charge in [-0.2, -0.15) is 0 Å². The average molecular weight is 554 g/mol. The van der Waals surface area contributed by atoms with E-state index in [1.807, 2.05) is 13.0 Å². The Balaban J connectivity index is 0.00000420. The number of benzene rings is 1. The molecule has 0 amide bonds. The molecule has 1 aromatic carbocycles. The Morgan fingerprint density at radius 1 is 1.21 bits per heavy atom. The van der Waals surface area contributed by atoms with Crippen LogP contribution in [0.25, 0.3) is 0 Å². The molecule has 5 nitrogen and oxygen atoms in total. The number of sulfone groups is 1. The Hall–Kier alpha value is -1.20.